The summed E-state index contributed by atoms with van der Waals surface area (Å²) in [5, 5.41) is 13.2. The van der Waals surface area contributed by atoms with Crippen molar-refractivity contribution in [1.82, 2.24) is 10.4 Å². The summed E-state index contributed by atoms with van der Waals surface area (Å²) < 4.78 is 10.5. The number of nitriles is 1. The fraction of sp³-hybridized carbons (Fsp3) is 0.222. The van der Waals surface area contributed by atoms with Crippen LogP contribution in [0.5, 0.6) is 5.88 Å². The van der Waals surface area contributed by atoms with E-state index in [2.05, 4.69) is 15.5 Å². The van der Waals surface area contributed by atoms with Crippen LogP contribution in [0.2, 0.25) is 0 Å². The molecule has 0 aliphatic carbocycles. The average molecular weight is 338 g/mol. The summed E-state index contributed by atoms with van der Waals surface area (Å²) in [6.07, 6.45) is 1.53. The van der Waals surface area contributed by atoms with Crippen molar-refractivity contribution in [2.45, 2.75) is 13.5 Å². The highest BCUT2D eigenvalue weighted by atomic mass is 16.5. The molecular formula is C18H18N4O3. The van der Waals surface area contributed by atoms with Gasteiger partial charge in [-0.05, 0) is 18.6 Å². The highest BCUT2D eigenvalue weighted by Gasteiger charge is 2.14. The van der Waals surface area contributed by atoms with E-state index in [0.29, 0.717) is 11.3 Å². The van der Waals surface area contributed by atoms with Crippen LogP contribution in [0.15, 0.2) is 41.5 Å². The molecule has 0 fully saturated rings. The van der Waals surface area contributed by atoms with E-state index in [4.69, 9.17) is 9.47 Å². The fourth-order valence-corrected chi connectivity index (χ4v) is 2.09. The first-order valence-electron chi connectivity index (χ1n) is 7.53. The largest absolute Gasteiger partial charge is 0.467 e. The van der Waals surface area contributed by atoms with Crippen LogP contribution in [0.25, 0.3) is 0 Å². The van der Waals surface area contributed by atoms with Gasteiger partial charge in [0.15, 0.2) is 6.61 Å². The molecule has 0 aliphatic rings. The molecular weight excluding hydrogens is 320 g/mol. The molecule has 0 unspecified atom stereocenters. The Morgan fingerprint density at radius 1 is 1.40 bits per heavy atom. The van der Waals surface area contributed by atoms with Crippen molar-refractivity contribution in [2.24, 2.45) is 5.10 Å². The quantitative estimate of drug-likeness (QED) is 0.615. The number of hydrogen-bond donors (Lipinski definition) is 1. The highest BCUT2D eigenvalue weighted by Crippen LogP contribution is 2.21. The number of rotatable bonds is 7. The molecule has 0 spiro atoms. The van der Waals surface area contributed by atoms with E-state index in [-0.39, 0.29) is 24.7 Å². The lowest BCUT2D eigenvalue weighted by molar-refractivity contribution is -0.123. The maximum absolute atomic E-state index is 11.8. The Balaban J connectivity index is 1.97. The Hall–Kier alpha value is -3.24. The first-order valence-corrected chi connectivity index (χ1v) is 7.53. The number of amides is 1. The van der Waals surface area contributed by atoms with E-state index in [0.717, 1.165) is 5.56 Å². The van der Waals surface area contributed by atoms with Crippen molar-refractivity contribution in [3.05, 3.63) is 58.8 Å². The van der Waals surface area contributed by atoms with Crippen LogP contribution in [0, 0.1) is 18.3 Å². The molecule has 0 bridgehead atoms. The molecule has 1 heterocycles. The van der Waals surface area contributed by atoms with Crippen LogP contribution >= 0.6 is 0 Å². The van der Waals surface area contributed by atoms with Crippen LogP contribution in [-0.4, -0.2) is 30.8 Å². The first kappa shape index (κ1) is 18.1. The number of nitrogens with one attached hydrogen (secondary N) is 1. The molecule has 1 aromatic heterocycles. The number of carbonyl (C=O) groups is 1. The van der Waals surface area contributed by atoms with Crippen molar-refractivity contribution in [2.75, 3.05) is 13.7 Å². The predicted octanol–water partition coefficient (Wildman–Crippen LogP) is 1.94. The summed E-state index contributed by atoms with van der Waals surface area (Å²) >= 11 is 0. The van der Waals surface area contributed by atoms with Gasteiger partial charge in [-0.25, -0.2) is 10.4 Å². The SMILES string of the molecule is COCc1cc(C)nc(OCC(=O)N/N=C\c2ccccc2)c1C#N. The number of ether oxygens (including phenoxy) is 2. The lowest BCUT2D eigenvalue weighted by Crippen LogP contribution is -2.25. The summed E-state index contributed by atoms with van der Waals surface area (Å²) in [7, 11) is 1.54. The van der Waals surface area contributed by atoms with Crippen LogP contribution in [0.3, 0.4) is 0 Å². The van der Waals surface area contributed by atoms with Crippen molar-refractivity contribution < 1.29 is 14.3 Å². The van der Waals surface area contributed by atoms with E-state index in [1.165, 1.54) is 13.3 Å². The lowest BCUT2D eigenvalue weighted by Gasteiger charge is -2.10. The Kier molecular flexibility index (Phi) is 6.63. The monoisotopic (exact) mass is 338 g/mol. The molecule has 0 saturated heterocycles. The van der Waals surface area contributed by atoms with Crippen LogP contribution in [-0.2, 0) is 16.1 Å². The third kappa shape index (κ3) is 5.41. The van der Waals surface area contributed by atoms with E-state index in [1.54, 1.807) is 13.0 Å². The van der Waals surface area contributed by atoms with Gasteiger partial charge in [-0.2, -0.15) is 10.4 Å². The molecule has 2 rings (SSSR count). The minimum Gasteiger partial charge on any atom is -0.467 e. The maximum atomic E-state index is 11.8. The van der Waals surface area contributed by atoms with Crippen LogP contribution in [0.1, 0.15) is 22.4 Å². The summed E-state index contributed by atoms with van der Waals surface area (Å²) in [5.74, 6) is -0.343. The van der Waals surface area contributed by atoms with E-state index >= 15 is 0 Å². The van der Waals surface area contributed by atoms with Gasteiger partial charge in [-0.1, -0.05) is 30.3 Å². The second kappa shape index (κ2) is 9.15. The third-order valence-electron chi connectivity index (χ3n) is 3.15. The first-order chi connectivity index (χ1) is 12.1. The molecule has 7 nitrogen and oxygen atoms in total. The number of methoxy groups -OCH3 is 1. The molecule has 128 valence electrons. The minimum atomic E-state index is -0.451. The molecule has 0 saturated carbocycles. The summed E-state index contributed by atoms with van der Waals surface area (Å²) in [6.45, 7) is 1.73. The molecule has 7 heteroatoms. The van der Waals surface area contributed by atoms with E-state index in [1.807, 2.05) is 36.4 Å². The standard InChI is InChI=1S/C18H18N4O3/c1-13-8-15(11-24-2)16(9-19)18(21-13)25-12-17(23)22-20-10-14-6-4-3-5-7-14/h3-8,10H,11-12H2,1-2H3,(H,22,23)/b20-10-. The van der Waals surface area contributed by atoms with E-state index < -0.39 is 5.91 Å². The summed E-state index contributed by atoms with van der Waals surface area (Å²) in [6, 6.07) is 13.1. The van der Waals surface area contributed by atoms with Gasteiger partial charge in [0, 0.05) is 18.4 Å². The Bertz CT molecular complexity index is 798. The van der Waals surface area contributed by atoms with E-state index in [9.17, 15) is 10.1 Å². The van der Waals surface area contributed by atoms with Gasteiger partial charge >= 0.3 is 0 Å². The third-order valence-corrected chi connectivity index (χ3v) is 3.15. The number of hydrogen-bond acceptors (Lipinski definition) is 6. The van der Waals surface area contributed by atoms with Gasteiger partial charge in [0.2, 0.25) is 5.88 Å². The van der Waals surface area contributed by atoms with Crippen LogP contribution in [0.4, 0.5) is 0 Å². The van der Waals surface area contributed by atoms with Crippen molar-refractivity contribution in [3.8, 4) is 11.9 Å². The van der Waals surface area contributed by atoms with Crippen molar-refractivity contribution in [3.63, 3.8) is 0 Å². The molecule has 1 aromatic carbocycles. The van der Waals surface area contributed by atoms with Gasteiger partial charge in [-0.3, -0.25) is 4.79 Å². The zero-order valence-electron chi connectivity index (χ0n) is 14.0. The Morgan fingerprint density at radius 2 is 2.16 bits per heavy atom. The molecule has 1 N–H and O–H groups in total. The number of nitrogens with zero attached hydrogens (tertiary/aromatic N) is 3. The van der Waals surface area contributed by atoms with Crippen LogP contribution < -0.4 is 10.2 Å². The van der Waals surface area contributed by atoms with Crippen molar-refractivity contribution in [1.29, 1.82) is 5.26 Å². The molecule has 25 heavy (non-hydrogen) atoms. The molecule has 0 radical (unpaired) electrons. The number of aryl methyl sites for hydroxylation is 1. The zero-order chi connectivity index (χ0) is 18.1. The van der Waals surface area contributed by atoms with Gasteiger partial charge in [0.25, 0.3) is 5.91 Å². The van der Waals surface area contributed by atoms with Gasteiger partial charge in [-0.15, -0.1) is 0 Å². The molecule has 2 aromatic rings. The Labute approximate surface area is 145 Å². The predicted molar refractivity (Wildman–Crippen MR) is 92.1 cm³/mol. The fourth-order valence-electron chi connectivity index (χ4n) is 2.09. The number of benzene rings is 1. The Morgan fingerprint density at radius 3 is 2.84 bits per heavy atom. The van der Waals surface area contributed by atoms with Gasteiger partial charge in [0.1, 0.15) is 11.6 Å². The number of pyridine rings is 1. The van der Waals surface area contributed by atoms with Gasteiger partial charge < -0.3 is 9.47 Å². The molecule has 1 amide bonds. The topological polar surface area (TPSA) is 96.6 Å². The molecule has 0 atom stereocenters. The maximum Gasteiger partial charge on any atom is 0.278 e. The number of aromatic nitrogens is 1. The molecule has 0 aliphatic heterocycles. The summed E-state index contributed by atoms with van der Waals surface area (Å²) in [4.78, 5) is 16.0. The number of carbonyl (C=O) groups excluding carboxylic acids is 1. The zero-order valence-corrected chi connectivity index (χ0v) is 14.0. The second-order valence-electron chi connectivity index (χ2n) is 5.14. The average Bonchev–Trinajstić information content (AvgIpc) is 2.61. The smallest absolute Gasteiger partial charge is 0.278 e. The normalized spacial score (nSPS) is 10.4. The summed E-state index contributed by atoms with van der Waals surface area (Å²) in [5.41, 5.74) is 4.81. The second-order valence-corrected chi connectivity index (χ2v) is 5.14. The number of hydrazone groups is 1. The van der Waals surface area contributed by atoms with Gasteiger partial charge in [0.05, 0.1) is 12.8 Å². The lowest BCUT2D eigenvalue weighted by atomic mass is 10.1. The minimum absolute atomic E-state index is 0.108. The highest BCUT2D eigenvalue weighted by molar-refractivity contribution is 5.82. The van der Waals surface area contributed by atoms with Crippen molar-refractivity contribution >= 4 is 12.1 Å².